The summed E-state index contributed by atoms with van der Waals surface area (Å²) in [6.45, 7) is 1.97. The number of nitrogens with one attached hydrogen (secondary N) is 2. The average molecular weight is 482 g/mol. The zero-order chi connectivity index (χ0) is 23.7. The Morgan fingerprint density at radius 2 is 1.91 bits per heavy atom. The second kappa shape index (κ2) is 12.8. The molecular formula is C24H39N3O5S. The minimum atomic E-state index is -3.32. The molecule has 8 nitrogen and oxygen atoms in total. The van der Waals surface area contributed by atoms with Crippen LogP contribution in [0.4, 0.5) is 0 Å². The van der Waals surface area contributed by atoms with Crippen LogP contribution in [0.2, 0.25) is 0 Å². The highest BCUT2D eigenvalue weighted by Gasteiger charge is 2.31. The van der Waals surface area contributed by atoms with Crippen LogP contribution in [0.1, 0.15) is 50.0 Å². The Balaban J connectivity index is 1.48. The average Bonchev–Trinajstić information content (AvgIpc) is 2.81. The first-order valence-electron chi connectivity index (χ1n) is 12.0. The standard InChI is InChI=1S/C24H39N3O5S/c1-27(2)14-17-33(29,30)26-22-7-5-13-25-23(22)18-32-20-11-9-19(10-12-20)21-6-3-4-8-24(21)31-16-15-28/h3-4,6,8,15,19-20,22-23,25-26H,5,7,9-14,16-18H2,1-2H3/t19?,20?,22-,23-/m0/s1. The molecule has 186 valence electrons. The molecular weight excluding hydrogens is 442 g/mol. The fourth-order valence-corrected chi connectivity index (χ4v) is 6.18. The third-order valence-corrected chi connectivity index (χ3v) is 7.96. The van der Waals surface area contributed by atoms with Gasteiger partial charge in [-0.2, -0.15) is 0 Å². The Bertz CT molecular complexity index is 840. The summed E-state index contributed by atoms with van der Waals surface area (Å²) >= 11 is 0. The van der Waals surface area contributed by atoms with E-state index in [1.165, 1.54) is 5.56 Å². The number of sulfonamides is 1. The van der Waals surface area contributed by atoms with Gasteiger partial charge in [0.1, 0.15) is 12.4 Å². The van der Waals surface area contributed by atoms with Crippen molar-refractivity contribution in [1.29, 1.82) is 0 Å². The van der Waals surface area contributed by atoms with Crippen molar-refractivity contribution >= 4 is 16.3 Å². The quantitative estimate of drug-likeness (QED) is 0.440. The highest BCUT2D eigenvalue weighted by Crippen LogP contribution is 2.38. The Kier molecular flexibility index (Phi) is 10.1. The van der Waals surface area contributed by atoms with Gasteiger partial charge in [-0.1, -0.05) is 18.2 Å². The molecule has 1 aliphatic heterocycles. The van der Waals surface area contributed by atoms with E-state index in [2.05, 4.69) is 16.1 Å². The fraction of sp³-hybridized carbons (Fsp3) is 0.708. The first-order chi connectivity index (χ1) is 15.9. The van der Waals surface area contributed by atoms with Crippen molar-refractivity contribution in [2.45, 2.75) is 62.6 Å². The summed E-state index contributed by atoms with van der Waals surface area (Å²) in [5.74, 6) is 1.30. The van der Waals surface area contributed by atoms with Crippen molar-refractivity contribution in [3.8, 4) is 5.75 Å². The lowest BCUT2D eigenvalue weighted by atomic mass is 9.82. The van der Waals surface area contributed by atoms with Crippen LogP contribution in [0.3, 0.4) is 0 Å². The molecule has 2 fully saturated rings. The van der Waals surface area contributed by atoms with Crippen molar-refractivity contribution in [3.63, 3.8) is 0 Å². The molecule has 1 aliphatic carbocycles. The highest BCUT2D eigenvalue weighted by molar-refractivity contribution is 7.89. The number of benzene rings is 1. The summed E-state index contributed by atoms with van der Waals surface area (Å²) in [6.07, 6.45) is 6.66. The molecule has 0 amide bonds. The van der Waals surface area contributed by atoms with Gasteiger partial charge >= 0.3 is 0 Å². The largest absolute Gasteiger partial charge is 0.486 e. The molecule has 0 bridgehead atoms. The Morgan fingerprint density at radius 1 is 1.15 bits per heavy atom. The van der Waals surface area contributed by atoms with E-state index in [4.69, 9.17) is 9.47 Å². The number of rotatable bonds is 12. The van der Waals surface area contributed by atoms with Crippen LogP contribution in [-0.2, 0) is 19.6 Å². The van der Waals surface area contributed by atoms with Gasteiger partial charge in [0.25, 0.3) is 0 Å². The molecule has 3 rings (SSSR count). The van der Waals surface area contributed by atoms with Gasteiger partial charge in [0, 0.05) is 18.6 Å². The topological polar surface area (TPSA) is 97.0 Å². The van der Waals surface area contributed by atoms with Crippen molar-refractivity contribution < 1.29 is 22.7 Å². The number of para-hydroxylation sites is 1. The van der Waals surface area contributed by atoms with Gasteiger partial charge in [-0.05, 0) is 76.7 Å². The van der Waals surface area contributed by atoms with Crippen LogP contribution in [0.5, 0.6) is 5.75 Å². The number of ether oxygens (including phenoxy) is 2. The molecule has 0 unspecified atom stereocenters. The number of piperidine rings is 1. The predicted octanol–water partition coefficient (Wildman–Crippen LogP) is 1.91. The Morgan fingerprint density at radius 3 is 2.64 bits per heavy atom. The van der Waals surface area contributed by atoms with Crippen LogP contribution in [0.25, 0.3) is 0 Å². The van der Waals surface area contributed by atoms with E-state index >= 15 is 0 Å². The first-order valence-corrected chi connectivity index (χ1v) is 13.7. The van der Waals surface area contributed by atoms with Crippen molar-refractivity contribution in [2.75, 3.05) is 46.2 Å². The minimum absolute atomic E-state index is 0.0110. The molecule has 0 aromatic heterocycles. The predicted molar refractivity (Wildman–Crippen MR) is 129 cm³/mol. The maximum absolute atomic E-state index is 12.5. The molecule has 9 heteroatoms. The molecule has 1 saturated heterocycles. The first kappa shape index (κ1) is 26.1. The Labute approximate surface area is 198 Å². The zero-order valence-electron chi connectivity index (χ0n) is 19.9. The number of aldehydes is 1. The molecule has 1 heterocycles. The van der Waals surface area contributed by atoms with E-state index in [1.807, 2.05) is 37.2 Å². The number of hydrogen-bond acceptors (Lipinski definition) is 7. The van der Waals surface area contributed by atoms with Gasteiger partial charge < -0.3 is 19.7 Å². The summed E-state index contributed by atoms with van der Waals surface area (Å²) in [5.41, 5.74) is 1.17. The molecule has 2 N–H and O–H groups in total. The lowest BCUT2D eigenvalue weighted by Gasteiger charge is -2.35. The zero-order valence-corrected chi connectivity index (χ0v) is 20.7. The van der Waals surface area contributed by atoms with Gasteiger partial charge in [-0.25, -0.2) is 13.1 Å². The fourth-order valence-electron chi connectivity index (χ4n) is 4.71. The monoisotopic (exact) mass is 481 g/mol. The third-order valence-electron chi connectivity index (χ3n) is 6.57. The summed E-state index contributed by atoms with van der Waals surface area (Å²) in [4.78, 5) is 12.6. The number of nitrogens with zero attached hydrogens (tertiary/aromatic N) is 1. The van der Waals surface area contributed by atoms with Gasteiger partial charge in [0.15, 0.2) is 6.29 Å². The van der Waals surface area contributed by atoms with Crippen molar-refractivity contribution in [3.05, 3.63) is 29.8 Å². The van der Waals surface area contributed by atoms with Gasteiger partial charge in [0.05, 0.1) is 18.5 Å². The second-order valence-electron chi connectivity index (χ2n) is 9.37. The van der Waals surface area contributed by atoms with Crippen LogP contribution in [0, 0.1) is 0 Å². The normalized spacial score (nSPS) is 26.3. The van der Waals surface area contributed by atoms with E-state index in [1.54, 1.807) is 0 Å². The van der Waals surface area contributed by atoms with Crippen molar-refractivity contribution in [1.82, 2.24) is 14.9 Å². The van der Waals surface area contributed by atoms with E-state index in [0.717, 1.165) is 57.1 Å². The van der Waals surface area contributed by atoms with E-state index in [9.17, 15) is 13.2 Å². The summed E-state index contributed by atoms with van der Waals surface area (Å²) < 4.78 is 39.7. The molecule has 33 heavy (non-hydrogen) atoms. The van der Waals surface area contributed by atoms with Crippen LogP contribution < -0.4 is 14.8 Å². The van der Waals surface area contributed by atoms with E-state index in [-0.39, 0.29) is 30.5 Å². The van der Waals surface area contributed by atoms with Crippen molar-refractivity contribution in [2.24, 2.45) is 0 Å². The lowest BCUT2D eigenvalue weighted by molar-refractivity contribution is -0.109. The molecule has 2 atom stereocenters. The molecule has 1 saturated carbocycles. The molecule has 1 aromatic rings. The number of carbonyl (C=O) groups excluding carboxylic acids is 1. The summed E-state index contributed by atoms with van der Waals surface area (Å²) in [6, 6.07) is 7.81. The minimum Gasteiger partial charge on any atom is -0.486 e. The Hall–Kier alpha value is -1.52. The summed E-state index contributed by atoms with van der Waals surface area (Å²) in [5, 5.41) is 3.45. The SMILES string of the molecule is CN(C)CCS(=O)(=O)N[C@H]1CCCN[C@H]1COC1CCC(c2ccccc2OCC=O)CC1. The maximum atomic E-state index is 12.5. The molecule has 0 spiro atoms. The van der Waals surface area contributed by atoms with Gasteiger partial charge in [-0.15, -0.1) is 0 Å². The number of carbonyl (C=O) groups is 1. The van der Waals surface area contributed by atoms with Crippen LogP contribution >= 0.6 is 0 Å². The van der Waals surface area contributed by atoms with E-state index in [0.29, 0.717) is 19.1 Å². The molecule has 2 aliphatic rings. The van der Waals surface area contributed by atoms with Crippen LogP contribution in [0.15, 0.2) is 24.3 Å². The number of hydrogen-bond donors (Lipinski definition) is 2. The van der Waals surface area contributed by atoms with Gasteiger partial charge in [0.2, 0.25) is 10.0 Å². The van der Waals surface area contributed by atoms with Gasteiger partial charge in [-0.3, -0.25) is 4.79 Å². The molecule has 1 aromatic carbocycles. The van der Waals surface area contributed by atoms with Crippen LogP contribution in [-0.4, -0.2) is 83.9 Å². The molecule has 0 radical (unpaired) electrons. The highest BCUT2D eigenvalue weighted by atomic mass is 32.2. The lowest BCUT2D eigenvalue weighted by Crippen LogP contribution is -2.56. The smallest absolute Gasteiger partial charge is 0.213 e. The second-order valence-corrected chi connectivity index (χ2v) is 11.2. The third kappa shape index (κ3) is 8.33. The summed E-state index contributed by atoms with van der Waals surface area (Å²) in [7, 11) is 0.428. The maximum Gasteiger partial charge on any atom is 0.213 e. The van der Waals surface area contributed by atoms with E-state index < -0.39 is 10.0 Å².